The summed E-state index contributed by atoms with van der Waals surface area (Å²) in [5.74, 6) is 0.589. The van der Waals surface area contributed by atoms with Gasteiger partial charge in [0.05, 0.1) is 12.9 Å². The van der Waals surface area contributed by atoms with Crippen molar-refractivity contribution in [2.24, 2.45) is 0 Å². The van der Waals surface area contributed by atoms with Crippen LogP contribution in [0.1, 0.15) is 35.6 Å². The van der Waals surface area contributed by atoms with E-state index in [4.69, 9.17) is 10.5 Å². The third-order valence-electron chi connectivity index (χ3n) is 4.29. The lowest BCUT2D eigenvalue weighted by atomic mass is 9.88. The maximum Gasteiger partial charge on any atom is 0.216 e. The van der Waals surface area contributed by atoms with Crippen LogP contribution in [0.25, 0.3) is 0 Å². The molecule has 3 rings (SSSR count). The number of rotatable bonds is 5. The predicted octanol–water partition coefficient (Wildman–Crippen LogP) is 2.77. The molecule has 2 aromatic rings. The fraction of sp³-hybridized carbons (Fsp3) is 0.333. The van der Waals surface area contributed by atoms with Gasteiger partial charge in [0.1, 0.15) is 5.75 Å². The van der Waals surface area contributed by atoms with Gasteiger partial charge in [0.2, 0.25) is 10.0 Å². The summed E-state index contributed by atoms with van der Waals surface area (Å²) in [7, 11) is -1.88. The number of nitrogens with one attached hydrogen (secondary N) is 1. The largest absolute Gasteiger partial charge is 0.497 e. The highest BCUT2D eigenvalue weighted by molar-refractivity contribution is 7.88. The minimum absolute atomic E-state index is 0.0645. The molecule has 0 saturated heterocycles. The highest BCUT2D eigenvalue weighted by Crippen LogP contribution is 2.31. The van der Waals surface area contributed by atoms with E-state index in [1.165, 1.54) is 0 Å². The second-order valence-corrected chi connectivity index (χ2v) is 7.89. The summed E-state index contributed by atoms with van der Waals surface area (Å²) in [5, 5.41) is 0. The number of nitrogen functional groups attached to an aromatic ring is 1. The van der Waals surface area contributed by atoms with Gasteiger partial charge >= 0.3 is 0 Å². The van der Waals surface area contributed by atoms with Crippen LogP contribution in [-0.2, 0) is 22.2 Å². The third-order valence-corrected chi connectivity index (χ3v) is 5.65. The molecule has 5 nitrogen and oxygen atoms in total. The van der Waals surface area contributed by atoms with E-state index in [0.29, 0.717) is 17.0 Å². The van der Waals surface area contributed by atoms with Gasteiger partial charge in [-0.25, -0.2) is 13.1 Å². The first-order chi connectivity index (χ1) is 11.5. The normalized spacial score (nSPS) is 17.3. The number of benzene rings is 2. The van der Waals surface area contributed by atoms with Gasteiger partial charge in [0.15, 0.2) is 0 Å². The van der Waals surface area contributed by atoms with Crippen LogP contribution >= 0.6 is 0 Å². The summed E-state index contributed by atoms with van der Waals surface area (Å²) in [6, 6.07) is 12.6. The Morgan fingerprint density at radius 3 is 2.88 bits per heavy atom. The SMILES string of the molecule is COc1cccc(CS(=O)(=O)NC2CCCc3cc(N)ccc32)c1. The molecule has 0 radical (unpaired) electrons. The van der Waals surface area contributed by atoms with Crippen molar-refractivity contribution in [1.29, 1.82) is 0 Å². The summed E-state index contributed by atoms with van der Waals surface area (Å²) >= 11 is 0. The standard InChI is InChI=1S/C18H22N2O3S/c1-23-16-6-2-4-13(10-16)12-24(21,22)20-18-7-3-5-14-11-15(19)8-9-17(14)18/h2,4,6,8-11,18,20H,3,5,7,12,19H2,1H3. The van der Waals surface area contributed by atoms with Crippen molar-refractivity contribution >= 4 is 15.7 Å². The molecule has 24 heavy (non-hydrogen) atoms. The van der Waals surface area contributed by atoms with Crippen LogP contribution in [0.2, 0.25) is 0 Å². The molecule has 1 unspecified atom stereocenters. The van der Waals surface area contributed by atoms with Crippen molar-refractivity contribution < 1.29 is 13.2 Å². The van der Waals surface area contributed by atoms with Gasteiger partial charge in [-0.05, 0) is 60.2 Å². The monoisotopic (exact) mass is 346 g/mol. The van der Waals surface area contributed by atoms with E-state index in [9.17, 15) is 8.42 Å². The van der Waals surface area contributed by atoms with Crippen LogP contribution in [0, 0.1) is 0 Å². The first-order valence-electron chi connectivity index (χ1n) is 7.98. The minimum atomic E-state index is -3.45. The van der Waals surface area contributed by atoms with Crippen LogP contribution in [0.15, 0.2) is 42.5 Å². The molecule has 0 heterocycles. The molecule has 0 amide bonds. The van der Waals surface area contributed by atoms with Crippen LogP contribution in [0.4, 0.5) is 5.69 Å². The summed E-state index contributed by atoms with van der Waals surface area (Å²) in [6.45, 7) is 0. The molecule has 3 N–H and O–H groups in total. The molecule has 128 valence electrons. The molecule has 1 aliphatic carbocycles. The van der Waals surface area contributed by atoms with E-state index in [-0.39, 0.29) is 11.8 Å². The van der Waals surface area contributed by atoms with Gasteiger partial charge in [0.25, 0.3) is 0 Å². The maximum atomic E-state index is 12.6. The molecule has 0 spiro atoms. The number of ether oxygens (including phenoxy) is 1. The van der Waals surface area contributed by atoms with E-state index in [2.05, 4.69) is 4.72 Å². The van der Waals surface area contributed by atoms with Crippen molar-refractivity contribution in [2.75, 3.05) is 12.8 Å². The smallest absolute Gasteiger partial charge is 0.216 e. The maximum absolute atomic E-state index is 12.6. The molecule has 1 atom stereocenters. The summed E-state index contributed by atoms with van der Waals surface area (Å²) < 4.78 is 33.1. The van der Waals surface area contributed by atoms with E-state index in [1.807, 2.05) is 18.2 Å². The van der Waals surface area contributed by atoms with E-state index >= 15 is 0 Å². The predicted molar refractivity (Wildman–Crippen MR) is 95.3 cm³/mol. The molecule has 2 aromatic carbocycles. The highest BCUT2D eigenvalue weighted by Gasteiger charge is 2.25. The fourth-order valence-electron chi connectivity index (χ4n) is 3.20. The fourth-order valence-corrected chi connectivity index (χ4v) is 4.58. The molecule has 0 aromatic heterocycles. The van der Waals surface area contributed by atoms with Gasteiger partial charge < -0.3 is 10.5 Å². The first-order valence-corrected chi connectivity index (χ1v) is 9.63. The van der Waals surface area contributed by atoms with E-state index < -0.39 is 10.0 Å². The van der Waals surface area contributed by atoms with Crippen molar-refractivity contribution in [3.8, 4) is 5.75 Å². The quantitative estimate of drug-likeness (QED) is 0.816. The zero-order valence-electron chi connectivity index (χ0n) is 13.7. The van der Waals surface area contributed by atoms with Gasteiger partial charge in [-0.1, -0.05) is 18.2 Å². The summed E-state index contributed by atoms with van der Waals surface area (Å²) in [6.07, 6.45) is 2.69. The molecule has 1 aliphatic rings. The van der Waals surface area contributed by atoms with E-state index in [0.717, 1.165) is 30.4 Å². The average Bonchev–Trinajstić information content (AvgIpc) is 2.54. The van der Waals surface area contributed by atoms with Crippen LogP contribution < -0.4 is 15.2 Å². The second kappa shape index (κ2) is 6.83. The number of methoxy groups -OCH3 is 1. The summed E-state index contributed by atoms with van der Waals surface area (Å²) in [4.78, 5) is 0. The Morgan fingerprint density at radius 1 is 1.25 bits per heavy atom. The number of aryl methyl sites for hydroxylation is 1. The molecule has 6 heteroatoms. The van der Waals surface area contributed by atoms with Gasteiger partial charge in [0, 0.05) is 11.7 Å². The number of hydrogen-bond donors (Lipinski definition) is 2. The number of hydrogen-bond acceptors (Lipinski definition) is 4. The molecule has 0 aliphatic heterocycles. The Kier molecular flexibility index (Phi) is 4.78. The van der Waals surface area contributed by atoms with Gasteiger partial charge in [-0.15, -0.1) is 0 Å². The highest BCUT2D eigenvalue weighted by atomic mass is 32.2. The minimum Gasteiger partial charge on any atom is -0.497 e. The Bertz CT molecular complexity index is 834. The molecule has 0 saturated carbocycles. The lowest BCUT2D eigenvalue weighted by molar-refractivity contribution is 0.414. The average molecular weight is 346 g/mol. The van der Waals surface area contributed by atoms with Crippen molar-refractivity contribution in [3.05, 3.63) is 59.2 Å². The second-order valence-electron chi connectivity index (χ2n) is 6.13. The van der Waals surface area contributed by atoms with Crippen molar-refractivity contribution in [2.45, 2.75) is 31.1 Å². The van der Waals surface area contributed by atoms with Crippen molar-refractivity contribution in [1.82, 2.24) is 4.72 Å². The van der Waals surface area contributed by atoms with Crippen molar-refractivity contribution in [3.63, 3.8) is 0 Å². The van der Waals surface area contributed by atoms with Gasteiger partial charge in [-0.3, -0.25) is 0 Å². The Morgan fingerprint density at radius 2 is 2.08 bits per heavy atom. The zero-order chi connectivity index (χ0) is 17.2. The Labute approximate surface area is 142 Å². The van der Waals surface area contributed by atoms with E-state index in [1.54, 1.807) is 31.4 Å². The molecular weight excluding hydrogens is 324 g/mol. The Balaban J connectivity index is 1.78. The Hall–Kier alpha value is -2.05. The van der Waals surface area contributed by atoms with Crippen LogP contribution in [0.3, 0.4) is 0 Å². The topological polar surface area (TPSA) is 81.4 Å². The van der Waals surface area contributed by atoms with Crippen LogP contribution in [0.5, 0.6) is 5.75 Å². The zero-order valence-corrected chi connectivity index (χ0v) is 14.5. The van der Waals surface area contributed by atoms with Gasteiger partial charge in [-0.2, -0.15) is 0 Å². The summed E-state index contributed by atoms with van der Waals surface area (Å²) in [5.41, 5.74) is 9.42. The third kappa shape index (κ3) is 3.88. The number of anilines is 1. The number of nitrogens with two attached hydrogens (primary N) is 1. The first kappa shape index (κ1) is 16.8. The van der Waals surface area contributed by atoms with Crippen LogP contribution in [-0.4, -0.2) is 15.5 Å². The lowest BCUT2D eigenvalue weighted by Gasteiger charge is -2.26. The number of sulfonamides is 1. The molecule has 0 bridgehead atoms. The molecule has 0 fully saturated rings. The lowest BCUT2D eigenvalue weighted by Crippen LogP contribution is -2.32. The molecular formula is C18H22N2O3S. The number of fused-ring (bicyclic) bond motifs is 1.